The molecule has 27 heavy (non-hydrogen) atoms. The van der Waals surface area contributed by atoms with E-state index in [9.17, 15) is 5.21 Å². The zero-order chi connectivity index (χ0) is 19.2. The number of thiazole rings is 1. The van der Waals surface area contributed by atoms with E-state index in [1.54, 1.807) is 19.3 Å². The summed E-state index contributed by atoms with van der Waals surface area (Å²) in [6.45, 7) is 3.27. The highest BCUT2D eigenvalue weighted by Gasteiger charge is 2.17. The van der Waals surface area contributed by atoms with Gasteiger partial charge in [-0.2, -0.15) is 0 Å². The van der Waals surface area contributed by atoms with Crippen molar-refractivity contribution in [3.05, 3.63) is 53.7 Å². The van der Waals surface area contributed by atoms with Gasteiger partial charge in [-0.05, 0) is 57.4 Å². The Morgan fingerprint density at radius 2 is 1.81 bits per heavy atom. The van der Waals surface area contributed by atoms with Crippen molar-refractivity contribution >= 4 is 17.0 Å². The average Bonchev–Trinajstić information content (AvgIpc) is 3.14. The highest BCUT2D eigenvalue weighted by atomic mass is 32.1. The average molecular weight is 382 g/mol. The molecule has 0 saturated carbocycles. The first-order chi connectivity index (χ1) is 13.1. The molecular weight excluding hydrogens is 360 g/mol. The highest BCUT2D eigenvalue weighted by molar-refractivity contribution is 7.17. The number of hydrogen-bond donors (Lipinski definition) is 1. The minimum Gasteiger partial charge on any atom is -0.492 e. The third-order valence-electron chi connectivity index (χ3n) is 3.97. The Hall–Kier alpha value is -2.77. The molecule has 140 valence electrons. The molecule has 1 N–H and O–H groups in total. The van der Waals surface area contributed by atoms with Gasteiger partial charge in [0.2, 0.25) is 0 Å². The van der Waals surface area contributed by atoms with Gasteiger partial charge in [-0.1, -0.05) is 5.16 Å². The van der Waals surface area contributed by atoms with Gasteiger partial charge in [0, 0.05) is 30.1 Å². The molecule has 0 aliphatic carbocycles. The summed E-state index contributed by atoms with van der Waals surface area (Å²) in [5, 5.41) is 13.5. The lowest BCUT2D eigenvalue weighted by Gasteiger charge is -2.11. The number of pyridine rings is 1. The normalized spacial score (nSPS) is 11.8. The highest BCUT2D eigenvalue weighted by Crippen LogP contribution is 2.34. The first kappa shape index (κ1) is 19.0. The molecular formula is C20H22N4O2S. The van der Waals surface area contributed by atoms with E-state index in [0.29, 0.717) is 12.3 Å². The quantitative estimate of drug-likeness (QED) is 0.380. The summed E-state index contributed by atoms with van der Waals surface area (Å²) in [7, 11) is 4.03. The minimum atomic E-state index is 0.536. The summed E-state index contributed by atoms with van der Waals surface area (Å²) in [6.07, 6.45) is 3.48. The van der Waals surface area contributed by atoms with Crippen LogP contribution in [0.1, 0.15) is 11.8 Å². The van der Waals surface area contributed by atoms with Crippen LogP contribution in [0.2, 0.25) is 0 Å². The molecule has 0 bridgehead atoms. The van der Waals surface area contributed by atoms with Crippen LogP contribution < -0.4 is 4.74 Å². The van der Waals surface area contributed by atoms with Crippen molar-refractivity contribution in [2.75, 3.05) is 27.2 Å². The number of benzene rings is 1. The topological polar surface area (TPSA) is 70.8 Å². The Balaban J connectivity index is 1.90. The van der Waals surface area contributed by atoms with Crippen molar-refractivity contribution in [3.63, 3.8) is 0 Å². The van der Waals surface area contributed by atoms with Gasteiger partial charge in [0.15, 0.2) is 0 Å². The van der Waals surface area contributed by atoms with Crippen LogP contribution in [0.5, 0.6) is 5.75 Å². The van der Waals surface area contributed by atoms with Crippen molar-refractivity contribution < 1.29 is 9.94 Å². The Bertz CT molecular complexity index is 905. The molecule has 2 heterocycles. The lowest BCUT2D eigenvalue weighted by molar-refractivity contribution is 0.261. The fourth-order valence-electron chi connectivity index (χ4n) is 2.48. The Morgan fingerprint density at radius 3 is 2.44 bits per heavy atom. The van der Waals surface area contributed by atoms with Gasteiger partial charge >= 0.3 is 0 Å². The molecule has 7 heteroatoms. The van der Waals surface area contributed by atoms with Gasteiger partial charge in [-0.15, -0.1) is 11.3 Å². The molecule has 0 amide bonds. The maximum atomic E-state index is 9.26. The first-order valence-corrected chi connectivity index (χ1v) is 9.38. The molecule has 0 radical (unpaired) electrons. The molecule has 0 aliphatic heterocycles. The number of oxime groups is 1. The van der Waals surface area contributed by atoms with E-state index in [4.69, 9.17) is 9.72 Å². The van der Waals surface area contributed by atoms with E-state index in [2.05, 4.69) is 15.0 Å². The Kier molecular flexibility index (Phi) is 6.16. The maximum Gasteiger partial charge on any atom is 0.124 e. The second kappa shape index (κ2) is 8.75. The fourth-order valence-corrected chi connectivity index (χ4v) is 3.51. The van der Waals surface area contributed by atoms with Gasteiger partial charge in [-0.25, -0.2) is 4.98 Å². The van der Waals surface area contributed by atoms with Gasteiger partial charge in [0.05, 0.1) is 16.3 Å². The largest absolute Gasteiger partial charge is 0.492 e. The van der Waals surface area contributed by atoms with Crippen LogP contribution in [0, 0.1) is 0 Å². The fraction of sp³-hybridized carbons (Fsp3) is 0.250. The predicted octanol–water partition coefficient (Wildman–Crippen LogP) is 4.01. The zero-order valence-electron chi connectivity index (χ0n) is 15.6. The summed E-state index contributed by atoms with van der Waals surface area (Å²) in [5.74, 6) is 0.819. The monoisotopic (exact) mass is 382 g/mol. The molecule has 0 aliphatic rings. The van der Waals surface area contributed by atoms with E-state index in [0.717, 1.165) is 39.0 Å². The molecule has 2 aromatic heterocycles. The molecule has 0 spiro atoms. The number of ether oxygens (including phenoxy) is 1. The van der Waals surface area contributed by atoms with Crippen LogP contribution in [0.3, 0.4) is 0 Å². The van der Waals surface area contributed by atoms with Crippen molar-refractivity contribution in [2.24, 2.45) is 5.16 Å². The summed E-state index contributed by atoms with van der Waals surface area (Å²) >= 11 is 1.49. The smallest absolute Gasteiger partial charge is 0.124 e. The number of hydrogen-bond acceptors (Lipinski definition) is 7. The predicted molar refractivity (Wildman–Crippen MR) is 109 cm³/mol. The molecule has 0 atom stereocenters. The van der Waals surface area contributed by atoms with E-state index >= 15 is 0 Å². The van der Waals surface area contributed by atoms with E-state index in [-0.39, 0.29) is 0 Å². The van der Waals surface area contributed by atoms with Crippen molar-refractivity contribution in [3.8, 4) is 27.6 Å². The lowest BCUT2D eigenvalue weighted by Crippen LogP contribution is -2.19. The molecule has 3 aromatic rings. The van der Waals surface area contributed by atoms with E-state index < -0.39 is 0 Å². The van der Waals surface area contributed by atoms with E-state index in [1.165, 1.54) is 11.3 Å². The lowest BCUT2D eigenvalue weighted by atomic mass is 10.1. The van der Waals surface area contributed by atoms with Crippen LogP contribution in [0.25, 0.3) is 21.8 Å². The summed E-state index contributed by atoms with van der Waals surface area (Å²) in [5.41, 5.74) is 3.26. The third kappa shape index (κ3) is 4.69. The number of nitrogens with zero attached hydrogens (tertiary/aromatic N) is 4. The second-order valence-corrected chi connectivity index (χ2v) is 7.29. The molecule has 3 rings (SSSR count). The SMILES string of the molecule is C/C(=N\O)c1sc(-c2ccncc2)nc1-c1ccc(OCCN(C)C)cc1. The number of rotatable bonds is 7. The van der Waals surface area contributed by atoms with Crippen LogP contribution >= 0.6 is 11.3 Å². The van der Waals surface area contributed by atoms with Crippen molar-refractivity contribution in [2.45, 2.75) is 6.92 Å². The molecule has 6 nitrogen and oxygen atoms in total. The summed E-state index contributed by atoms with van der Waals surface area (Å²) < 4.78 is 5.75. The number of likely N-dealkylation sites (N-methyl/N-ethyl adjacent to an activating group) is 1. The molecule has 0 unspecified atom stereocenters. The zero-order valence-corrected chi connectivity index (χ0v) is 16.4. The van der Waals surface area contributed by atoms with Crippen molar-refractivity contribution in [1.82, 2.24) is 14.9 Å². The molecule has 1 aromatic carbocycles. The first-order valence-electron chi connectivity index (χ1n) is 8.56. The third-order valence-corrected chi connectivity index (χ3v) is 5.18. The second-order valence-electron chi connectivity index (χ2n) is 6.29. The van der Waals surface area contributed by atoms with Gasteiger partial charge in [0.25, 0.3) is 0 Å². The maximum absolute atomic E-state index is 9.26. The molecule has 0 saturated heterocycles. The van der Waals surface area contributed by atoms with Crippen LogP contribution in [-0.4, -0.2) is 53.0 Å². The standard InChI is InChI=1S/C20H22N4O2S/c1-14(23-25)19-18(22-20(27-19)16-8-10-21-11-9-16)15-4-6-17(7-5-15)26-13-12-24(2)3/h4-11,25H,12-13H2,1-3H3/b23-14+. The van der Waals surface area contributed by atoms with Gasteiger partial charge in [0.1, 0.15) is 17.4 Å². The van der Waals surface area contributed by atoms with Crippen LogP contribution in [0.15, 0.2) is 53.9 Å². The summed E-state index contributed by atoms with van der Waals surface area (Å²) in [4.78, 5) is 11.8. The minimum absolute atomic E-state index is 0.536. The Labute approximate surface area is 162 Å². The summed E-state index contributed by atoms with van der Waals surface area (Å²) in [6, 6.07) is 11.7. The van der Waals surface area contributed by atoms with Gasteiger partial charge < -0.3 is 14.8 Å². The van der Waals surface area contributed by atoms with Crippen LogP contribution in [0.4, 0.5) is 0 Å². The van der Waals surface area contributed by atoms with E-state index in [1.807, 2.05) is 50.5 Å². The van der Waals surface area contributed by atoms with Crippen molar-refractivity contribution in [1.29, 1.82) is 0 Å². The molecule has 0 fully saturated rings. The number of aromatic nitrogens is 2. The Morgan fingerprint density at radius 1 is 1.11 bits per heavy atom. The van der Waals surface area contributed by atoms with Gasteiger partial charge in [-0.3, -0.25) is 4.98 Å². The van der Waals surface area contributed by atoms with Crippen LogP contribution in [-0.2, 0) is 0 Å².